The van der Waals surface area contributed by atoms with E-state index in [1.54, 1.807) is 4.90 Å². The summed E-state index contributed by atoms with van der Waals surface area (Å²) >= 11 is 0. The Morgan fingerprint density at radius 2 is 2.25 bits per heavy atom. The lowest BCUT2D eigenvalue weighted by atomic mass is 10.1. The minimum absolute atomic E-state index is 0.0592. The van der Waals surface area contributed by atoms with Crippen molar-refractivity contribution >= 4 is 11.8 Å². The Labute approximate surface area is 116 Å². The molecule has 0 bridgehead atoms. The van der Waals surface area contributed by atoms with Crippen LogP contribution in [0.25, 0.3) is 0 Å². The van der Waals surface area contributed by atoms with Gasteiger partial charge in [-0.1, -0.05) is 13.0 Å². The Hall–Kier alpha value is -2.26. The predicted molar refractivity (Wildman–Crippen MR) is 68.8 cm³/mol. The molecule has 1 unspecified atom stereocenters. The number of rotatable bonds is 3. The van der Waals surface area contributed by atoms with Crippen LogP contribution in [0.4, 0.5) is 4.39 Å². The van der Waals surface area contributed by atoms with Gasteiger partial charge in [-0.25, -0.2) is 4.39 Å². The van der Waals surface area contributed by atoms with Crippen LogP contribution in [-0.4, -0.2) is 29.3 Å². The van der Waals surface area contributed by atoms with E-state index >= 15 is 0 Å². The predicted octanol–water partition coefficient (Wildman–Crippen LogP) is 0.934. The first-order chi connectivity index (χ1) is 9.55. The van der Waals surface area contributed by atoms with Crippen molar-refractivity contribution in [3.05, 3.63) is 35.1 Å². The number of nitriles is 1. The van der Waals surface area contributed by atoms with Crippen LogP contribution in [-0.2, 0) is 16.1 Å². The van der Waals surface area contributed by atoms with Crippen LogP contribution < -0.4 is 5.32 Å². The van der Waals surface area contributed by atoms with Gasteiger partial charge >= 0.3 is 0 Å². The van der Waals surface area contributed by atoms with E-state index in [1.165, 1.54) is 12.1 Å². The first-order valence-corrected chi connectivity index (χ1v) is 6.31. The minimum atomic E-state index is -0.502. The zero-order valence-corrected chi connectivity index (χ0v) is 11.0. The molecule has 1 atom stereocenters. The molecule has 0 aromatic heterocycles. The van der Waals surface area contributed by atoms with Crippen LogP contribution in [0, 0.1) is 17.1 Å². The van der Waals surface area contributed by atoms with Gasteiger partial charge in [0.25, 0.3) is 0 Å². The molecule has 2 amide bonds. The Morgan fingerprint density at radius 3 is 2.85 bits per heavy atom. The first kappa shape index (κ1) is 14.2. The summed E-state index contributed by atoms with van der Waals surface area (Å²) in [5.74, 6) is -1.23. The minimum Gasteiger partial charge on any atom is -0.294 e. The standard InChI is InChI=1S/C14H14FN3O2/c1-2-12-14(20)17-13(19)8-18(12)7-10-4-3-9(6-16)5-11(10)15/h3-5,12H,2,7-8H2,1H3,(H,17,19,20). The molecule has 20 heavy (non-hydrogen) atoms. The van der Waals surface area contributed by atoms with Crippen molar-refractivity contribution in [3.63, 3.8) is 0 Å². The summed E-state index contributed by atoms with van der Waals surface area (Å²) in [5, 5.41) is 11.0. The lowest BCUT2D eigenvalue weighted by Gasteiger charge is -2.33. The molecular formula is C14H14FN3O2. The second-order valence-electron chi connectivity index (χ2n) is 4.66. The molecule has 0 spiro atoms. The van der Waals surface area contributed by atoms with Gasteiger partial charge in [-0.05, 0) is 18.6 Å². The number of piperazine rings is 1. The maximum Gasteiger partial charge on any atom is 0.243 e. The van der Waals surface area contributed by atoms with Gasteiger partial charge in [-0.15, -0.1) is 0 Å². The van der Waals surface area contributed by atoms with Crippen molar-refractivity contribution in [3.8, 4) is 6.07 Å². The molecule has 104 valence electrons. The summed E-state index contributed by atoms with van der Waals surface area (Å²) in [6.07, 6.45) is 0.539. The normalized spacial score (nSPS) is 19.6. The van der Waals surface area contributed by atoms with Crippen LogP contribution in [0.1, 0.15) is 24.5 Å². The number of amides is 2. The second kappa shape index (κ2) is 5.80. The molecule has 1 aromatic carbocycles. The monoisotopic (exact) mass is 275 g/mol. The third kappa shape index (κ3) is 2.83. The smallest absolute Gasteiger partial charge is 0.243 e. The van der Waals surface area contributed by atoms with E-state index in [0.29, 0.717) is 12.0 Å². The molecule has 1 saturated heterocycles. The molecule has 1 heterocycles. The number of carbonyl (C=O) groups excluding carboxylic acids is 2. The van der Waals surface area contributed by atoms with E-state index in [2.05, 4.69) is 5.32 Å². The number of benzene rings is 1. The lowest BCUT2D eigenvalue weighted by molar-refractivity contribution is -0.140. The molecule has 2 rings (SSSR count). The van der Waals surface area contributed by atoms with Crippen molar-refractivity contribution in [1.82, 2.24) is 10.2 Å². The highest BCUT2D eigenvalue weighted by atomic mass is 19.1. The van der Waals surface area contributed by atoms with Crippen molar-refractivity contribution < 1.29 is 14.0 Å². The fourth-order valence-corrected chi connectivity index (χ4v) is 2.29. The van der Waals surface area contributed by atoms with Crippen LogP contribution in [0.5, 0.6) is 0 Å². The summed E-state index contributed by atoms with van der Waals surface area (Å²) in [6, 6.07) is 5.60. The average Bonchev–Trinajstić information content (AvgIpc) is 2.40. The zero-order chi connectivity index (χ0) is 14.7. The van der Waals surface area contributed by atoms with Gasteiger partial charge in [-0.3, -0.25) is 19.8 Å². The van der Waals surface area contributed by atoms with E-state index in [1.807, 2.05) is 13.0 Å². The van der Waals surface area contributed by atoms with Crippen LogP contribution in [0.15, 0.2) is 18.2 Å². The Morgan fingerprint density at radius 1 is 1.50 bits per heavy atom. The summed E-state index contributed by atoms with van der Waals surface area (Å²) in [7, 11) is 0. The SMILES string of the molecule is CCC1C(=O)NC(=O)CN1Cc1ccc(C#N)cc1F. The third-order valence-corrected chi connectivity index (χ3v) is 3.30. The zero-order valence-electron chi connectivity index (χ0n) is 11.0. The fraction of sp³-hybridized carbons (Fsp3) is 0.357. The summed E-state index contributed by atoms with van der Waals surface area (Å²) in [5.41, 5.74) is 0.607. The molecule has 1 fully saturated rings. The Bertz CT molecular complexity index is 595. The van der Waals surface area contributed by atoms with Crippen LogP contribution in [0.3, 0.4) is 0 Å². The fourth-order valence-electron chi connectivity index (χ4n) is 2.29. The highest BCUT2D eigenvalue weighted by molar-refractivity contribution is 6.01. The number of hydrogen-bond acceptors (Lipinski definition) is 4. The molecule has 1 aliphatic rings. The van der Waals surface area contributed by atoms with Gasteiger partial charge in [0.1, 0.15) is 5.82 Å². The van der Waals surface area contributed by atoms with E-state index in [-0.39, 0.29) is 30.5 Å². The van der Waals surface area contributed by atoms with Crippen molar-refractivity contribution in [2.75, 3.05) is 6.54 Å². The molecular weight excluding hydrogens is 261 g/mol. The largest absolute Gasteiger partial charge is 0.294 e. The van der Waals surface area contributed by atoms with E-state index in [4.69, 9.17) is 5.26 Å². The summed E-state index contributed by atoms with van der Waals surface area (Å²) in [6.45, 7) is 2.06. The van der Waals surface area contributed by atoms with Crippen LogP contribution >= 0.6 is 0 Å². The second-order valence-corrected chi connectivity index (χ2v) is 4.66. The maximum absolute atomic E-state index is 13.9. The molecule has 0 saturated carbocycles. The quantitative estimate of drug-likeness (QED) is 0.833. The van der Waals surface area contributed by atoms with Gasteiger partial charge in [0, 0.05) is 12.1 Å². The summed E-state index contributed by atoms with van der Waals surface area (Å²) in [4.78, 5) is 24.8. The van der Waals surface area contributed by atoms with Crippen molar-refractivity contribution in [2.24, 2.45) is 0 Å². The highest BCUT2D eigenvalue weighted by Crippen LogP contribution is 2.17. The van der Waals surface area contributed by atoms with Gasteiger partial charge in [0.15, 0.2) is 0 Å². The molecule has 5 nitrogen and oxygen atoms in total. The number of halogens is 1. The number of hydrogen-bond donors (Lipinski definition) is 1. The number of nitrogens with zero attached hydrogens (tertiary/aromatic N) is 2. The Balaban J connectivity index is 2.21. The number of carbonyl (C=O) groups is 2. The first-order valence-electron chi connectivity index (χ1n) is 6.31. The molecule has 1 aliphatic heterocycles. The lowest BCUT2D eigenvalue weighted by Crippen LogP contribution is -2.57. The van der Waals surface area contributed by atoms with E-state index in [0.717, 1.165) is 6.07 Å². The average molecular weight is 275 g/mol. The molecule has 1 aromatic rings. The van der Waals surface area contributed by atoms with Gasteiger partial charge in [0.2, 0.25) is 11.8 Å². The van der Waals surface area contributed by atoms with Gasteiger partial charge in [0.05, 0.1) is 24.2 Å². The Kier molecular flexibility index (Phi) is 4.11. The molecule has 1 N–H and O–H groups in total. The topological polar surface area (TPSA) is 73.2 Å². The third-order valence-electron chi connectivity index (χ3n) is 3.30. The number of imide groups is 1. The number of nitrogens with one attached hydrogen (secondary N) is 1. The molecule has 6 heteroatoms. The van der Waals surface area contributed by atoms with Crippen molar-refractivity contribution in [1.29, 1.82) is 5.26 Å². The van der Waals surface area contributed by atoms with Crippen LogP contribution in [0.2, 0.25) is 0 Å². The van der Waals surface area contributed by atoms with Gasteiger partial charge < -0.3 is 0 Å². The van der Waals surface area contributed by atoms with Gasteiger partial charge in [-0.2, -0.15) is 5.26 Å². The highest BCUT2D eigenvalue weighted by Gasteiger charge is 2.32. The van der Waals surface area contributed by atoms with Crippen molar-refractivity contribution in [2.45, 2.75) is 25.9 Å². The molecule has 0 aliphatic carbocycles. The summed E-state index contributed by atoms with van der Waals surface area (Å²) < 4.78 is 13.9. The van der Waals surface area contributed by atoms with E-state index in [9.17, 15) is 14.0 Å². The maximum atomic E-state index is 13.9. The van der Waals surface area contributed by atoms with E-state index < -0.39 is 11.9 Å². The molecule has 0 radical (unpaired) electrons.